The van der Waals surface area contributed by atoms with Crippen LogP contribution in [0.1, 0.15) is 28.4 Å². The van der Waals surface area contributed by atoms with Gasteiger partial charge in [0.1, 0.15) is 17.7 Å². The Kier molecular flexibility index (Phi) is 4.02. The number of benzene rings is 2. The molecule has 0 spiro atoms. The number of halogens is 3. The zero-order chi connectivity index (χ0) is 14.2. The molecule has 4 heteroatoms. The molecule has 1 atom stereocenters. The molecule has 0 fully saturated rings. The minimum absolute atomic E-state index is 0.0834. The Labute approximate surface area is 119 Å². The second kappa shape index (κ2) is 5.39. The van der Waals surface area contributed by atoms with Crippen molar-refractivity contribution in [3.05, 3.63) is 68.7 Å². The molecule has 1 unspecified atom stereocenters. The zero-order valence-electron chi connectivity index (χ0n) is 10.5. The number of hydrogen-bond donors (Lipinski definition) is 1. The van der Waals surface area contributed by atoms with Crippen LogP contribution in [-0.4, -0.2) is 5.11 Å². The van der Waals surface area contributed by atoms with Gasteiger partial charge in [-0.05, 0) is 48.7 Å². The summed E-state index contributed by atoms with van der Waals surface area (Å²) in [6.45, 7) is 3.37. The van der Waals surface area contributed by atoms with Crippen LogP contribution < -0.4 is 0 Å². The van der Waals surface area contributed by atoms with Crippen molar-refractivity contribution < 1.29 is 13.9 Å². The highest BCUT2D eigenvalue weighted by Gasteiger charge is 2.19. The predicted octanol–water partition coefficient (Wildman–Crippen LogP) is 4.43. The lowest BCUT2D eigenvalue weighted by atomic mass is 9.96. The van der Waals surface area contributed by atoms with Gasteiger partial charge in [-0.1, -0.05) is 22.0 Å². The Morgan fingerprint density at radius 3 is 2.32 bits per heavy atom. The minimum atomic E-state index is -1.11. The molecule has 0 aliphatic rings. The number of aryl methyl sites for hydroxylation is 2. The lowest BCUT2D eigenvalue weighted by Gasteiger charge is -2.16. The summed E-state index contributed by atoms with van der Waals surface area (Å²) in [6.07, 6.45) is -1.11. The third-order valence-corrected chi connectivity index (χ3v) is 3.60. The Hall–Kier alpha value is -1.26. The third kappa shape index (κ3) is 2.85. The van der Waals surface area contributed by atoms with Gasteiger partial charge < -0.3 is 5.11 Å². The number of aliphatic hydroxyl groups is 1. The highest BCUT2D eigenvalue weighted by molar-refractivity contribution is 9.10. The third-order valence-electron chi connectivity index (χ3n) is 3.11. The SMILES string of the molecule is Cc1cc(C(O)c2cc(Br)ccc2C)c(F)cc1F. The van der Waals surface area contributed by atoms with Gasteiger partial charge in [0, 0.05) is 16.1 Å². The normalized spacial score (nSPS) is 12.5. The second-order valence-corrected chi connectivity index (χ2v) is 5.44. The summed E-state index contributed by atoms with van der Waals surface area (Å²) in [6, 6.07) is 7.56. The molecule has 0 heterocycles. The number of rotatable bonds is 2. The first-order valence-electron chi connectivity index (χ1n) is 5.80. The van der Waals surface area contributed by atoms with Crippen molar-refractivity contribution >= 4 is 15.9 Å². The Balaban J connectivity index is 2.52. The summed E-state index contributed by atoms with van der Waals surface area (Å²) in [7, 11) is 0. The molecule has 1 N–H and O–H groups in total. The van der Waals surface area contributed by atoms with Crippen LogP contribution in [0, 0.1) is 25.5 Å². The van der Waals surface area contributed by atoms with E-state index in [-0.39, 0.29) is 5.56 Å². The summed E-state index contributed by atoms with van der Waals surface area (Å²) in [5.74, 6) is -1.35. The van der Waals surface area contributed by atoms with Gasteiger partial charge in [-0.15, -0.1) is 0 Å². The van der Waals surface area contributed by atoms with Gasteiger partial charge in [0.25, 0.3) is 0 Å². The quantitative estimate of drug-likeness (QED) is 0.865. The average molecular weight is 327 g/mol. The summed E-state index contributed by atoms with van der Waals surface area (Å²) in [4.78, 5) is 0. The van der Waals surface area contributed by atoms with Gasteiger partial charge in [-0.25, -0.2) is 8.78 Å². The molecule has 2 aromatic carbocycles. The molecule has 0 saturated carbocycles. The molecular weight excluding hydrogens is 314 g/mol. The zero-order valence-corrected chi connectivity index (χ0v) is 12.1. The van der Waals surface area contributed by atoms with Crippen molar-refractivity contribution in [1.82, 2.24) is 0 Å². The first-order chi connectivity index (χ1) is 8.90. The van der Waals surface area contributed by atoms with Gasteiger partial charge in [-0.2, -0.15) is 0 Å². The van der Waals surface area contributed by atoms with Crippen LogP contribution in [0.4, 0.5) is 8.78 Å². The molecule has 19 heavy (non-hydrogen) atoms. The highest BCUT2D eigenvalue weighted by atomic mass is 79.9. The van der Waals surface area contributed by atoms with Gasteiger partial charge in [-0.3, -0.25) is 0 Å². The Morgan fingerprint density at radius 1 is 0.947 bits per heavy atom. The number of hydrogen-bond acceptors (Lipinski definition) is 1. The van der Waals surface area contributed by atoms with Crippen molar-refractivity contribution in [1.29, 1.82) is 0 Å². The maximum atomic E-state index is 13.8. The lowest BCUT2D eigenvalue weighted by molar-refractivity contribution is 0.214. The van der Waals surface area contributed by atoms with E-state index in [9.17, 15) is 13.9 Å². The van der Waals surface area contributed by atoms with E-state index in [1.807, 2.05) is 19.1 Å². The molecule has 0 bridgehead atoms. The van der Waals surface area contributed by atoms with Gasteiger partial charge >= 0.3 is 0 Å². The number of aliphatic hydroxyl groups excluding tert-OH is 1. The van der Waals surface area contributed by atoms with Crippen LogP contribution in [0.5, 0.6) is 0 Å². The lowest BCUT2D eigenvalue weighted by Crippen LogP contribution is -2.06. The first kappa shape index (κ1) is 14.2. The fraction of sp³-hybridized carbons (Fsp3) is 0.200. The molecule has 100 valence electrons. The molecule has 0 saturated heterocycles. The van der Waals surface area contributed by atoms with Crippen LogP contribution in [0.3, 0.4) is 0 Å². The molecule has 2 aromatic rings. The first-order valence-corrected chi connectivity index (χ1v) is 6.59. The molecule has 0 radical (unpaired) electrons. The summed E-state index contributed by atoms with van der Waals surface area (Å²) in [5.41, 5.74) is 1.83. The predicted molar refractivity (Wildman–Crippen MR) is 74.0 cm³/mol. The summed E-state index contributed by atoms with van der Waals surface area (Å²) >= 11 is 3.32. The smallest absolute Gasteiger partial charge is 0.132 e. The van der Waals surface area contributed by atoms with E-state index in [0.717, 1.165) is 16.1 Å². The van der Waals surface area contributed by atoms with Crippen molar-refractivity contribution in [3.8, 4) is 0 Å². The van der Waals surface area contributed by atoms with Crippen LogP contribution in [0.2, 0.25) is 0 Å². The maximum Gasteiger partial charge on any atom is 0.132 e. The van der Waals surface area contributed by atoms with E-state index in [1.54, 1.807) is 13.0 Å². The van der Waals surface area contributed by atoms with E-state index < -0.39 is 17.7 Å². The molecule has 0 aliphatic heterocycles. The molecule has 1 nitrogen and oxygen atoms in total. The molecule has 0 aromatic heterocycles. The van der Waals surface area contributed by atoms with Crippen LogP contribution in [0.25, 0.3) is 0 Å². The standard InChI is InChI=1S/C15H13BrF2O/c1-8-3-4-10(16)6-11(8)15(19)12-5-9(2)13(17)7-14(12)18/h3-7,15,19H,1-2H3. The van der Waals surface area contributed by atoms with E-state index in [0.29, 0.717) is 11.1 Å². The largest absolute Gasteiger partial charge is 0.384 e. The monoisotopic (exact) mass is 326 g/mol. The van der Waals surface area contributed by atoms with Crippen molar-refractivity contribution in [3.63, 3.8) is 0 Å². The Morgan fingerprint density at radius 2 is 1.63 bits per heavy atom. The van der Waals surface area contributed by atoms with Crippen LogP contribution in [-0.2, 0) is 0 Å². The van der Waals surface area contributed by atoms with Gasteiger partial charge in [0.15, 0.2) is 0 Å². The summed E-state index contributed by atoms with van der Waals surface area (Å²) < 4.78 is 27.8. The van der Waals surface area contributed by atoms with Crippen molar-refractivity contribution in [2.24, 2.45) is 0 Å². The van der Waals surface area contributed by atoms with Crippen molar-refractivity contribution in [2.45, 2.75) is 20.0 Å². The summed E-state index contributed by atoms with van der Waals surface area (Å²) in [5, 5.41) is 10.3. The van der Waals surface area contributed by atoms with Crippen molar-refractivity contribution in [2.75, 3.05) is 0 Å². The average Bonchev–Trinajstić information content (AvgIpc) is 2.36. The highest BCUT2D eigenvalue weighted by Crippen LogP contribution is 2.30. The van der Waals surface area contributed by atoms with Crippen LogP contribution >= 0.6 is 15.9 Å². The topological polar surface area (TPSA) is 20.2 Å². The van der Waals surface area contributed by atoms with Gasteiger partial charge in [0.05, 0.1) is 0 Å². The second-order valence-electron chi connectivity index (χ2n) is 4.53. The van der Waals surface area contributed by atoms with E-state index >= 15 is 0 Å². The molecule has 0 aliphatic carbocycles. The fourth-order valence-electron chi connectivity index (χ4n) is 1.96. The van der Waals surface area contributed by atoms with Crippen LogP contribution in [0.15, 0.2) is 34.8 Å². The molecular formula is C15H13BrF2O. The maximum absolute atomic E-state index is 13.8. The molecule has 2 rings (SSSR count). The van der Waals surface area contributed by atoms with Gasteiger partial charge in [0.2, 0.25) is 0 Å². The minimum Gasteiger partial charge on any atom is -0.384 e. The fourth-order valence-corrected chi connectivity index (χ4v) is 2.34. The van der Waals surface area contributed by atoms with E-state index in [1.165, 1.54) is 6.07 Å². The van der Waals surface area contributed by atoms with E-state index in [2.05, 4.69) is 15.9 Å². The molecule has 0 amide bonds. The Bertz CT molecular complexity index is 626. The van der Waals surface area contributed by atoms with E-state index in [4.69, 9.17) is 0 Å².